The number of nitrogens with zero attached hydrogens (tertiary/aromatic N) is 1. The third-order valence-corrected chi connectivity index (χ3v) is 5.89. The zero-order chi connectivity index (χ0) is 21.6. The van der Waals surface area contributed by atoms with Crippen LogP contribution in [0.2, 0.25) is 0 Å². The normalized spacial score (nSPS) is 16.3. The summed E-state index contributed by atoms with van der Waals surface area (Å²) < 4.78 is 27.9. The van der Waals surface area contributed by atoms with Gasteiger partial charge < -0.3 is 10.1 Å². The van der Waals surface area contributed by atoms with Crippen LogP contribution in [-0.2, 0) is 32.6 Å². The van der Waals surface area contributed by atoms with Gasteiger partial charge >= 0.3 is 6.09 Å². The molecule has 0 aromatic heterocycles. The molecule has 1 fully saturated rings. The highest BCUT2D eigenvalue weighted by atomic mass is 32.2. The van der Waals surface area contributed by atoms with E-state index in [1.807, 2.05) is 30.3 Å². The summed E-state index contributed by atoms with van der Waals surface area (Å²) in [6.45, 7) is 1.02. The van der Waals surface area contributed by atoms with E-state index in [1.54, 1.807) is 12.1 Å². The van der Waals surface area contributed by atoms with Gasteiger partial charge in [-0.1, -0.05) is 42.5 Å². The van der Waals surface area contributed by atoms with Crippen molar-refractivity contribution in [2.75, 3.05) is 13.1 Å². The van der Waals surface area contributed by atoms with Crippen molar-refractivity contribution in [2.45, 2.75) is 36.8 Å². The summed E-state index contributed by atoms with van der Waals surface area (Å²) in [4.78, 5) is 26.5. The van der Waals surface area contributed by atoms with Crippen LogP contribution in [0.15, 0.2) is 59.5 Å². The number of likely N-dealkylation sites (tertiary alicyclic amines) is 1. The first-order valence-corrected chi connectivity index (χ1v) is 11.3. The molecule has 2 aromatic carbocycles. The average molecular weight is 432 g/mol. The van der Waals surface area contributed by atoms with E-state index in [0.717, 1.165) is 17.5 Å². The van der Waals surface area contributed by atoms with Crippen LogP contribution in [-0.4, -0.2) is 44.4 Å². The topological polar surface area (TPSA) is 119 Å². The first-order valence-electron chi connectivity index (χ1n) is 9.71. The number of hydrogen-bond donors (Lipinski definition) is 2. The largest absolute Gasteiger partial charge is 0.445 e. The number of rotatable bonds is 7. The molecule has 2 aromatic rings. The number of nitrogens with two attached hydrogens (primary N) is 1. The number of sulfonamides is 1. The van der Waals surface area contributed by atoms with Gasteiger partial charge in [-0.25, -0.2) is 18.4 Å². The number of carbonyl (C=O) groups excluding carboxylic acids is 2. The van der Waals surface area contributed by atoms with Crippen LogP contribution < -0.4 is 10.5 Å². The molecule has 2 amide bonds. The van der Waals surface area contributed by atoms with Gasteiger partial charge in [0.1, 0.15) is 12.6 Å². The molecule has 1 aliphatic rings. The van der Waals surface area contributed by atoms with Gasteiger partial charge in [-0.2, -0.15) is 0 Å². The van der Waals surface area contributed by atoms with Crippen LogP contribution in [0.4, 0.5) is 4.79 Å². The minimum Gasteiger partial charge on any atom is -0.445 e. The highest BCUT2D eigenvalue weighted by Gasteiger charge is 2.34. The summed E-state index contributed by atoms with van der Waals surface area (Å²) in [5.41, 5.74) is 1.76. The highest BCUT2D eigenvalue weighted by Crippen LogP contribution is 2.19. The lowest BCUT2D eigenvalue weighted by Gasteiger charge is -2.23. The summed E-state index contributed by atoms with van der Waals surface area (Å²) in [6.07, 6.45) is 1.38. The van der Waals surface area contributed by atoms with Crippen molar-refractivity contribution < 1.29 is 22.7 Å². The van der Waals surface area contributed by atoms with E-state index in [-0.39, 0.29) is 17.4 Å². The molecule has 3 N–H and O–H groups in total. The zero-order valence-corrected chi connectivity index (χ0v) is 17.3. The lowest BCUT2D eigenvalue weighted by atomic mass is 10.1. The van der Waals surface area contributed by atoms with E-state index in [1.165, 1.54) is 17.0 Å². The number of benzene rings is 2. The average Bonchev–Trinajstić information content (AvgIpc) is 3.22. The van der Waals surface area contributed by atoms with Crippen molar-refractivity contribution in [3.05, 3.63) is 65.7 Å². The molecule has 0 radical (unpaired) electrons. The van der Waals surface area contributed by atoms with Crippen molar-refractivity contribution in [2.24, 2.45) is 5.14 Å². The van der Waals surface area contributed by atoms with E-state index in [2.05, 4.69) is 5.32 Å². The van der Waals surface area contributed by atoms with Gasteiger partial charge in [-0.05, 0) is 42.5 Å². The van der Waals surface area contributed by atoms with Gasteiger partial charge in [-0.15, -0.1) is 0 Å². The van der Waals surface area contributed by atoms with Crippen LogP contribution in [0.3, 0.4) is 0 Å². The van der Waals surface area contributed by atoms with E-state index in [0.29, 0.717) is 25.9 Å². The molecule has 0 bridgehead atoms. The van der Waals surface area contributed by atoms with Crippen LogP contribution in [0.1, 0.15) is 24.0 Å². The van der Waals surface area contributed by atoms with Crippen LogP contribution >= 0.6 is 0 Å². The van der Waals surface area contributed by atoms with Crippen LogP contribution in [0.5, 0.6) is 0 Å². The van der Waals surface area contributed by atoms with Crippen molar-refractivity contribution in [1.82, 2.24) is 10.2 Å². The Balaban J connectivity index is 1.47. The summed E-state index contributed by atoms with van der Waals surface area (Å²) >= 11 is 0. The highest BCUT2D eigenvalue weighted by molar-refractivity contribution is 7.89. The maximum absolute atomic E-state index is 12.6. The van der Waals surface area contributed by atoms with E-state index < -0.39 is 22.2 Å². The summed E-state index contributed by atoms with van der Waals surface area (Å²) in [7, 11) is -3.72. The lowest BCUT2D eigenvalue weighted by molar-refractivity contribution is -0.125. The molecule has 1 atom stereocenters. The number of hydrogen-bond acceptors (Lipinski definition) is 5. The molecule has 160 valence electrons. The van der Waals surface area contributed by atoms with Gasteiger partial charge in [0.15, 0.2) is 0 Å². The van der Waals surface area contributed by atoms with Crippen molar-refractivity contribution in [3.63, 3.8) is 0 Å². The van der Waals surface area contributed by atoms with Crippen LogP contribution in [0.25, 0.3) is 0 Å². The smallest absolute Gasteiger partial charge is 0.410 e. The molecule has 1 heterocycles. The second-order valence-corrected chi connectivity index (χ2v) is 8.68. The standard InChI is InChI=1S/C21H25N3O5S/c22-30(27,28)18-10-8-16(9-11-18)12-13-23-20(25)19-7-4-14-24(19)21(26)29-15-17-5-2-1-3-6-17/h1-3,5-6,8-11,19H,4,7,12-15H2,(H,23,25)(H2,22,27,28)/t19-/m1/s1. The van der Waals surface area contributed by atoms with E-state index in [9.17, 15) is 18.0 Å². The predicted molar refractivity (Wildman–Crippen MR) is 111 cm³/mol. The summed E-state index contributed by atoms with van der Waals surface area (Å²) in [6, 6.07) is 15.0. The van der Waals surface area contributed by atoms with Crippen molar-refractivity contribution in [1.29, 1.82) is 0 Å². The Labute approximate surface area is 176 Å². The Hall–Kier alpha value is -2.91. The molecule has 1 aliphatic heterocycles. The fourth-order valence-corrected chi connectivity index (χ4v) is 3.87. The van der Waals surface area contributed by atoms with Crippen molar-refractivity contribution in [3.8, 4) is 0 Å². The molecular formula is C21H25N3O5S. The summed E-state index contributed by atoms with van der Waals surface area (Å²) in [5.74, 6) is -0.217. The molecule has 30 heavy (non-hydrogen) atoms. The molecule has 8 nitrogen and oxygen atoms in total. The third kappa shape index (κ3) is 5.80. The number of carbonyl (C=O) groups is 2. The van der Waals surface area contributed by atoms with E-state index >= 15 is 0 Å². The van der Waals surface area contributed by atoms with Crippen LogP contribution in [0, 0.1) is 0 Å². The predicted octanol–water partition coefficient (Wildman–Crippen LogP) is 1.79. The molecule has 9 heteroatoms. The Morgan fingerprint density at radius 3 is 2.43 bits per heavy atom. The number of ether oxygens (including phenoxy) is 1. The molecule has 0 saturated carbocycles. The minimum atomic E-state index is -3.72. The Morgan fingerprint density at radius 2 is 1.77 bits per heavy atom. The minimum absolute atomic E-state index is 0.0471. The third-order valence-electron chi connectivity index (χ3n) is 4.96. The van der Waals surface area contributed by atoms with Gasteiger partial charge in [-0.3, -0.25) is 9.69 Å². The fourth-order valence-electron chi connectivity index (χ4n) is 3.35. The first kappa shape index (κ1) is 21.8. The summed E-state index contributed by atoms with van der Waals surface area (Å²) in [5, 5.41) is 7.93. The molecule has 0 unspecified atom stereocenters. The molecule has 0 spiro atoms. The molecule has 3 rings (SSSR count). The van der Waals surface area contributed by atoms with Crippen molar-refractivity contribution >= 4 is 22.0 Å². The molecule has 1 saturated heterocycles. The van der Waals surface area contributed by atoms with Gasteiger partial charge in [0.05, 0.1) is 4.90 Å². The second-order valence-electron chi connectivity index (χ2n) is 7.12. The number of primary sulfonamides is 1. The quantitative estimate of drug-likeness (QED) is 0.693. The second kappa shape index (κ2) is 9.73. The number of amides is 2. The van der Waals surface area contributed by atoms with Gasteiger partial charge in [0.2, 0.25) is 15.9 Å². The van der Waals surface area contributed by atoms with Gasteiger partial charge in [0, 0.05) is 13.1 Å². The zero-order valence-electron chi connectivity index (χ0n) is 16.5. The maximum atomic E-state index is 12.6. The maximum Gasteiger partial charge on any atom is 0.410 e. The van der Waals surface area contributed by atoms with Gasteiger partial charge in [0.25, 0.3) is 0 Å². The Kier molecular flexibility index (Phi) is 7.07. The van der Waals surface area contributed by atoms with E-state index in [4.69, 9.17) is 9.88 Å². The number of nitrogens with one attached hydrogen (secondary N) is 1. The Bertz CT molecular complexity index is 977. The monoisotopic (exact) mass is 431 g/mol. The lowest BCUT2D eigenvalue weighted by Crippen LogP contribution is -2.46. The SMILES string of the molecule is NS(=O)(=O)c1ccc(CCNC(=O)[C@H]2CCCN2C(=O)OCc2ccccc2)cc1. The first-order chi connectivity index (χ1) is 14.3. The fraction of sp³-hybridized carbons (Fsp3) is 0.333. The Morgan fingerprint density at radius 1 is 1.07 bits per heavy atom. The molecular weight excluding hydrogens is 406 g/mol. The molecule has 0 aliphatic carbocycles.